The van der Waals surface area contributed by atoms with Crippen molar-refractivity contribution in [2.45, 2.75) is 32.2 Å². The Bertz CT molecular complexity index is 367. The summed E-state index contributed by atoms with van der Waals surface area (Å²) in [5.74, 6) is 2.52. The van der Waals surface area contributed by atoms with Crippen LogP contribution in [0.4, 0.5) is 0 Å². The molecule has 2 atom stereocenters. The number of methoxy groups -OCH3 is 1. The zero-order chi connectivity index (χ0) is 12.8. The van der Waals surface area contributed by atoms with Crippen LogP contribution in [-0.4, -0.2) is 26.3 Å². The standard InChI is InChI=1S/C15H23NO2/c1-3-6-12-11-13(12)16-9-10-18-15-8-5-4-7-14(15)17-2/h4-5,7-8,12-13,16H,3,6,9-11H2,1-2H3. The predicted molar refractivity (Wildman–Crippen MR) is 73.3 cm³/mol. The molecule has 1 saturated carbocycles. The Labute approximate surface area is 109 Å². The quantitative estimate of drug-likeness (QED) is 0.719. The Morgan fingerprint density at radius 3 is 2.78 bits per heavy atom. The van der Waals surface area contributed by atoms with Crippen molar-refractivity contribution in [2.24, 2.45) is 5.92 Å². The molecule has 100 valence electrons. The second kappa shape index (κ2) is 6.64. The Hall–Kier alpha value is -1.22. The highest BCUT2D eigenvalue weighted by Crippen LogP contribution is 2.34. The molecule has 0 aliphatic heterocycles. The van der Waals surface area contributed by atoms with Gasteiger partial charge in [-0.25, -0.2) is 0 Å². The summed E-state index contributed by atoms with van der Waals surface area (Å²) >= 11 is 0. The number of benzene rings is 1. The van der Waals surface area contributed by atoms with Crippen LogP contribution in [0.1, 0.15) is 26.2 Å². The van der Waals surface area contributed by atoms with Gasteiger partial charge in [0.05, 0.1) is 7.11 Å². The average Bonchev–Trinajstić information content (AvgIpc) is 3.14. The van der Waals surface area contributed by atoms with Crippen LogP contribution in [-0.2, 0) is 0 Å². The smallest absolute Gasteiger partial charge is 0.161 e. The average molecular weight is 249 g/mol. The minimum absolute atomic E-state index is 0.690. The number of hydrogen-bond acceptors (Lipinski definition) is 3. The molecule has 1 fully saturated rings. The van der Waals surface area contributed by atoms with E-state index in [0.717, 1.165) is 30.0 Å². The van der Waals surface area contributed by atoms with Crippen molar-refractivity contribution in [3.8, 4) is 11.5 Å². The van der Waals surface area contributed by atoms with Crippen LogP contribution in [0, 0.1) is 5.92 Å². The second-order valence-electron chi connectivity index (χ2n) is 4.84. The number of nitrogens with one attached hydrogen (secondary N) is 1. The molecule has 0 bridgehead atoms. The van der Waals surface area contributed by atoms with Gasteiger partial charge in [-0.2, -0.15) is 0 Å². The normalized spacial score (nSPS) is 21.7. The molecule has 2 unspecified atom stereocenters. The summed E-state index contributed by atoms with van der Waals surface area (Å²) in [5, 5.41) is 3.53. The van der Waals surface area contributed by atoms with Gasteiger partial charge < -0.3 is 14.8 Å². The Kier molecular flexibility index (Phi) is 4.88. The first-order chi connectivity index (χ1) is 8.85. The van der Waals surface area contributed by atoms with Gasteiger partial charge in [0.25, 0.3) is 0 Å². The molecule has 3 heteroatoms. The first-order valence-corrected chi connectivity index (χ1v) is 6.84. The molecular formula is C15H23NO2. The van der Waals surface area contributed by atoms with Crippen LogP contribution in [0.2, 0.25) is 0 Å². The van der Waals surface area contributed by atoms with Crippen molar-refractivity contribution in [1.82, 2.24) is 5.32 Å². The van der Waals surface area contributed by atoms with Gasteiger partial charge in [0.15, 0.2) is 11.5 Å². The maximum absolute atomic E-state index is 5.71. The van der Waals surface area contributed by atoms with Crippen LogP contribution >= 0.6 is 0 Å². The molecule has 0 spiro atoms. The topological polar surface area (TPSA) is 30.5 Å². The fraction of sp³-hybridized carbons (Fsp3) is 0.600. The monoisotopic (exact) mass is 249 g/mol. The molecule has 1 aliphatic carbocycles. The summed E-state index contributed by atoms with van der Waals surface area (Å²) in [6, 6.07) is 8.50. The lowest BCUT2D eigenvalue weighted by atomic mass is 10.2. The van der Waals surface area contributed by atoms with E-state index in [9.17, 15) is 0 Å². The predicted octanol–water partition coefficient (Wildman–Crippen LogP) is 2.85. The van der Waals surface area contributed by atoms with E-state index < -0.39 is 0 Å². The van der Waals surface area contributed by atoms with E-state index in [-0.39, 0.29) is 0 Å². The van der Waals surface area contributed by atoms with E-state index in [4.69, 9.17) is 9.47 Å². The van der Waals surface area contributed by atoms with Gasteiger partial charge in [-0.15, -0.1) is 0 Å². The lowest BCUT2D eigenvalue weighted by Gasteiger charge is -2.10. The molecular weight excluding hydrogens is 226 g/mol. The van der Waals surface area contributed by atoms with E-state index in [2.05, 4.69) is 12.2 Å². The highest BCUT2D eigenvalue weighted by Gasteiger charge is 2.34. The van der Waals surface area contributed by atoms with Gasteiger partial charge in [0.2, 0.25) is 0 Å². The molecule has 0 aromatic heterocycles. The molecule has 1 aromatic carbocycles. The largest absolute Gasteiger partial charge is 0.493 e. The third-order valence-corrected chi connectivity index (χ3v) is 3.42. The van der Waals surface area contributed by atoms with Crippen molar-refractivity contribution in [3.05, 3.63) is 24.3 Å². The number of ether oxygens (including phenoxy) is 2. The van der Waals surface area contributed by atoms with Crippen LogP contribution in [0.5, 0.6) is 11.5 Å². The van der Waals surface area contributed by atoms with Crippen molar-refractivity contribution < 1.29 is 9.47 Å². The Balaban J connectivity index is 1.64. The highest BCUT2D eigenvalue weighted by atomic mass is 16.5. The van der Waals surface area contributed by atoms with Gasteiger partial charge in [-0.3, -0.25) is 0 Å². The summed E-state index contributed by atoms with van der Waals surface area (Å²) in [7, 11) is 1.67. The van der Waals surface area contributed by atoms with Crippen LogP contribution in [0.25, 0.3) is 0 Å². The van der Waals surface area contributed by atoms with Crippen LogP contribution < -0.4 is 14.8 Å². The van der Waals surface area contributed by atoms with E-state index >= 15 is 0 Å². The molecule has 0 amide bonds. The third kappa shape index (κ3) is 3.64. The van der Waals surface area contributed by atoms with E-state index in [0.29, 0.717) is 6.61 Å². The fourth-order valence-corrected chi connectivity index (χ4v) is 2.33. The first-order valence-electron chi connectivity index (χ1n) is 6.84. The second-order valence-corrected chi connectivity index (χ2v) is 4.84. The molecule has 1 N–H and O–H groups in total. The Morgan fingerprint density at radius 2 is 2.06 bits per heavy atom. The molecule has 18 heavy (non-hydrogen) atoms. The summed E-state index contributed by atoms with van der Waals surface area (Å²) in [5.41, 5.74) is 0. The lowest BCUT2D eigenvalue weighted by molar-refractivity contribution is 0.291. The van der Waals surface area contributed by atoms with Crippen molar-refractivity contribution in [2.75, 3.05) is 20.3 Å². The van der Waals surface area contributed by atoms with E-state index in [1.54, 1.807) is 7.11 Å². The van der Waals surface area contributed by atoms with Gasteiger partial charge in [-0.05, 0) is 30.9 Å². The summed E-state index contributed by atoms with van der Waals surface area (Å²) < 4.78 is 11.0. The fourth-order valence-electron chi connectivity index (χ4n) is 2.33. The van der Waals surface area contributed by atoms with Crippen molar-refractivity contribution >= 4 is 0 Å². The molecule has 0 heterocycles. The maximum Gasteiger partial charge on any atom is 0.161 e. The first kappa shape index (κ1) is 13.2. The van der Waals surface area contributed by atoms with E-state index in [1.165, 1.54) is 19.3 Å². The van der Waals surface area contributed by atoms with Gasteiger partial charge in [0.1, 0.15) is 6.61 Å². The summed E-state index contributed by atoms with van der Waals surface area (Å²) in [6.45, 7) is 3.85. The number of rotatable bonds is 8. The van der Waals surface area contributed by atoms with Gasteiger partial charge >= 0.3 is 0 Å². The Morgan fingerprint density at radius 1 is 1.28 bits per heavy atom. The van der Waals surface area contributed by atoms with Crippen molar-refractivity contribution in [1.29, 1.82) is 0 Å². The summed E-state index contributed by atoms with van der Waals surface area (Å²) in [4.78, 5) is 0. The number of hydrogen-bond donors (Lipinski definition) is 1. The molecule has 0 saturated heterocycles. The zero-order valence-corrected chi connectivity index (χ0v) is 11.3. The molecule has 3 nitrogen and oxygen atoms in total. The highest BCUT2D eigenvalue weighted by molar-refractivity contribution is 5.39. The number of para-hydroxylation sites is 2. The lowest BCUT2D eigenvalue weighted by Crippen LogP contribution is -2.24. The maximum atomic E-state index is 5.71. The molecule has 1 aromatic rings. The van der Waals surface area contributed by atoms with Crippen LogP contribution in [0.15, 0.2) is 24.3 Å². The SMILES string of the molecule is CCCC1CC1NCCOc1ccccc1OC. The van der Waals surface area contributed by atoms with Crippen molar-refractivity contribution in [3.63, 3.8) is 0 Å². The van der Waals surface area contributed by atoms with Gasteiger partial charge in [-0.1, -0.05) is 25.5 Å². The van der Waals surface area contributed by atoms with Gasteiger partial charge in [0, 0.05) is 12.6 Å². The molecule has 2 rings (SSSR count). The minimum atomic E-state index is 0.690. The van der Waals surface area contributed by atoms with Crippen LogP contribution in [0.3, 0.4) is 0 Å². The molecule has 1 aliphatic rings. The minimum Gasteiger partial charge on any atom is -0.493 e. The zero-order valence-electron chi connectivity index (χ0n) is 11.3. The molecule has 0 radical (unpaired) electrons. The summed E-state index contributed by atoms with van der Waals surface area (Å²) in [6.07, 6.45) is 3.98. The third-order valence-electron chi connectivity index (χ3n) is 3.42. The van der Waals surface area contributed by atoms with E-state index in [1.807, 2.05) is 24.3 Å².